The Morgan fingerprint density at radius 1 is 1.29 bits per heavy atom. The van der Waals surface area contributed by atoms with Gasteiger partial charge in [-0.15, -0.1) is 0 Å². The zero-order valence-electron chi connectivity index (χ0n) is 7.49. The van der Waals surface area contributed by atoms with Crippen LogP contribution in [0.2, 0.25) is 0 Å². The summed E-state index contributed by atoms with van der Waals surface area (Å²) in [6.45, 7) is 0. The maximum Gasteiger partial charge on any atom is 0.328 e. The monoisotopic (exact) mass is 198 g/mol. The maximum absolute atomic E-state index is 9.55. The van der Waals surface area contributed by atoms with E-state index in [4.69, 9.17) is 10.2 Å². The molecule has 0 spiro atoms. The van der Waals surface area contributed by atoms with E-state index in [0.29, 0.717) is 12.2 Å². The van der Waals surface area contributed by atoms with E-state index in [1.807, 2.05) is 17.8 Å². The second-order valence-electron chi connectivity index (χ2n) is 2.24. The van der Waals surface area contributed by atoms with Crippen LogP contribution in [0.4, 0.5) is 0 Å². The van der Waals surface area contributed by atoms with Gasteiger partial charge in [0.2, 0.25) is 0 Å². The number of imidazole rings is 1. The fourth-order valence-corrected chi connectivity index (χ4v) is 0.468. The summed E-state index contributed by atoms with van der Waals surface area (Å²) >= 11 is 0. The molecule has 0 aromatic carbocycles. The number of aromatic nitrogens is 2. The molecule has 1 aromatic heterocycles. The second-order valence-corrected chi connectivity index (χ2v) is 2.24. The predicted octanol–water partition coefficient (Wildman–Crippen LogP) is 0.132. The van der Waals surface area contributed by atoms with Crippen LogP contribution in [0.1, 0.15) is 0 Å². The van der Waals surface area contributed by atoms with Gasteiger partial charge in [0, 0.05) is 31.6 Å². The number of hydrogen-bond acceptors (Lipinski definition) is 3. The molecular formula is C8H10N2O4. The molecule has 0 aliphatic carbocycles. The third-order valence-electron chi connectivity index (χ3n) is 1.01. The molecule has 0 aliphatic rings. The average molecular weight is 198 g/mol. The number of rotatable bonds is 2. The highest BCUT2D eigenvalue weighted by atomic mass is 16.4. The van der Waals surface area contributed by atoms with Crippen molar-refractivity contribution in [2.75, 3.05) is 0 Å². The number of aryl methyl sites for hydroxylation is 1. The highest BCUT2D eigenvalue weighted by Gasteiger charge is 1.88. The fraction of sp³-hybridized carbons (Fsp3) is 0.125. The van der Waals surface area contributed by atoms with Crippen molar-refractivity contribution in [3.63, 3.8) is 0 Å². The number of hydrogen-bond donors (Lipinski definition) is 2. The summed E-state index contributed by atoms with van der Waals surface area (Å²) in [5.41, 5.74) is 0. The summed E-state index contributed by atoms with van der Waals surface area (Å²) < 4.78 is 1.89. The highest BCUT2D eigenvalue weighted by molar-refractivity contribution is 5.89. The van der Waals surface area contributed by atoms with Crippen molar-refractivity contribution in [1.82, 2.24) is 9.55 Å². The third kappa shape index (κ3) is 7.99. The molecule has 1 heterocycles. The van der Waals surface area contributed by atoms with Crippen molar-refractivity contribution in [3.05, 3.63) is 30.9 Å². The molecule has 0 saturated carbocycles. The Labute approximate surface area is 80.1 Å². The van der Waals surface area contributed by atoms with Crippen molar-refractivity contribution in [2.24, 2.45) is 7.05 Å². The summed E-state index contributed by atoms with van der Waals surface area (Å²) in [6, 6.07) is 0. The maximum atomic E-state index is 9.55. The molecule has 2 N–H and O–H groups in total. The Bertz CT molecular complexity index is 300. The van der Waals surface area contributed by atoms with E-state index >= 15 is 0 Å². The molecule has 0 aliphatic heterocycles. The van der Waals surface area contributed by atoms with E-state index in [0.717, 1.165) is 0 Å². The quantitative estimate of drug-likeness (QED) is 0.659. The number of nitrogens with zero attached hydrogens (tertiary/aromatic N) is 2. The second kappa shape index (κ2) is 6.41. The first-order valence-electron chi connectivity index (χ1n) is 3.58. The van der Waals surface area contributed by atoms with Crippen LogP contribution in [0.3, 0.4) is 0 Å². The lowest BCUT2D eigenvalue weighted by Crippen LogP contribution is -1.91. The van der Waals surface area contributed by atoms with E-state index in [1.165, 1.54) is 0 Å². The van der Waals surface area contributed by atoms with Gasteiger partial charge in [-0.1, -0.05) is 0 Å². The number of carboxylic acids is 2. The van der Waals surface area contributed by atoms with Gasteiger partial charge in [0.1, 0.15) is 0 Å². The van der Waals surface area contributed by atoms with Crippen LogP contribution in [0.5, 0.6) is 0 Å². The zero-order chi connectivity index (χ0) is 11.0. The lowest BCUT2D eigenvalue weighted by Gasteiger charge is -1.76. The molecule has 14 heavy (non-hydrogen) atoms. The molecule has 0 amide bonds. The van der Waals surface area contributed by atoms with Crippen LogP contribution < -0.4 is 0 Å². The summed E-state index contributed by atoms with van der Waals surface area (Å²) in [7, 11) is 1.94. The van der Waals surface area contributed by atoms with E-state index in [2.05, 4.69) is 4.98 Å². The van der Waals surface area contributed by atoms with Crippen LogP contribution in [0.25, 0.3) is 0 Å². The van der Waals surface area contributed by atoms with Crippen LogP contribution in [0.15, 0.2) is 30.9 Å². The minimum Gasteiger partial charge on any atom is -0.478 e. The van der Waals surface area contributed by atoms with Gasteiger partial charge < -0.3 is 14.8 Å². The van der Waals surface area contributed by atoms with Gasteiger partial charge in [-0.3, -0.25) is 0 Å². The first-order valence-corrected chi connectivity index (χ1v) is 3.58. The molecule has 0 radical (unpaired) electrons. The predicted molar refractivity (Wildman–Crippen MR) is 47.6 cm³/mol. The fourth-order valence-electron chi connectivity index (χ4n) is 0.468. The normalized spacial score (nSPS) is 9.21. The zero-order valence-corrected chi connectivity index (χ0v) is 7.49. The molecule has 6 nitrogen and oxygen atoms in total. The molecule has 0 saturated heterocycles. The molecule has 0 atom stereocenters. The van der Waals surface area contributed by atoms with Crippen molar-refractivity contribution in [1.29, 1.82) is 0 Å². The van der Waals surface area contributed by atoms with E-state index in [1.54, 1.807) is 12.5 Å². The van der Waals surface area contributed by atoms with E-state index in [-0.39, 0.29) is 0 Å². The Hall–Kier alpha value is -2.11. The molecule has 1 rings (SSSR count). The van der Waals surface area contributed by atoms with Crippen molar-refractivity contribution in [2.45, 2.75) is 0 Å². The molecule has 0 bridgehead atoms. The number of aliphatic carboxylic acids is 2. The third-order valence-corrected chi connectivity index (χ3v) is 1.01. The average Bonchev–Trinajstić information content (AvgIpc) is 2.53. The number of carboxylic acid groups (broad SMARTS) is 2. The smallest absolute Gasteiger partial charge is 0.328 e. The Kier molecular flexibility index (Phi) is 5.44. The van der Waals surface area contributed by atoms with Gasteiger partial charge in [0.25, 0.3) is 0 Å². The first-order chi connectivity index (χ1) is 6.52. The van der Waals surface area contributed by atoms with Gasteiger partial charge >= 0.3 is 11.9 Å². The Balaban J connectivity index is 0.000000249. The van der Waals surface area contributed by atoms with Crippen molar-refractivity contribution >= 4 is 11.9 Å². The van der Waals surface area contributed by atoms with Crippen LogP contribution in [-0.2, 0) is 16.6 Å². The van der Waals surface area contributed by atoms with Gasteiger partial charge in [-0.25, -0.2) is 14.6 Å². The minimum absolute atomic E-state index is 0.558. The van der Waals surface area contributed by atoms with Crippen LogP contribution in [0, 0.1) is 0 Å². The highest BCUT2D eigenvalue weighted by Crippen LogP contribution is 1.73. The van der Waals surface area contributed by atoms with Crippen LogP contribution in [-0.4, -0.2) is 31.7 Å². The van der Waals surface area contributed by atoms with E-state index < -0.39 is 11.9 Å². The lowest BCUT2D eigenvalue weighted by molar-refractivity contribution is -0.134. The summed E-state index contributed by atoms with van der Waals surface area (Å²) in [5.74, 6) is -2.51. The summed E-state index contributed by atoms with van der Waals surface area (Å²) in [4.78, 5) is 22.9. The summed E-state index contributed by atoms with van der Waals surface area (Å²) in [6.07, 6.45) is 6.50. The van der Waals surface area contributed by atoms with Crippen LogP contribution >= 0.6 is 0 Å². The first kappa shape index (κ1) is 11.9. The van der Waals surface area contributed by atoms with E-state index in [9.17, 15) is 9.59 Å². The standard InChI is InChI=1S/C4H6N2.C4H4O4/c1-6-3-2-5-4-6;5-3(6)1-2-4(7)8/h2-4H,1H3;1-2H,(H,5,6)(H,7,8)/b;2-1-. The Morgan fingerprint density at radius 3 is 1.93 bits per heavy atom. The molecule has 1 aromatic rings. The Morgan fingerprint density at radius 2 is 1.79 bits per heavy atom. The van der Waals surface area contributed by atoms with Gasteiger partial charge in [-0.2, -0.15) is 0 Å². The van der Waals surface area contributed by atoms with Crippen molar-refractivity contribution in [3.8, 4) is 0 Å². The number of carbonyl (C=O) groups is 2. The SMILES string of the molecule is Cn1ccnc1.O=C(O)/C=C\C(=O)O. The molecule has 0 unspecified atom stereocenters. The van der Waals surface area contributed by atoms with Gasteiger partial charge in [-0.05, 0) is 0 Å². The molecule has 6 heteroatoms. The van der Waals surface area contributed by atoms with Gasteiger partial charge in [0.05, 0.1) is 6.33 Å². The van der Waals surface area contributed by atoms with Gasteiger partial charge in [0.15, 0.2) is 0 Å². The minimum atomic E-state index is -1.26. The summed E-state index contributed by atoms with van der Waals surface area (Å²) in [5, 5.41) is 15.6. The van der Waals surface area contributed by atoms with Crippen molar-refractivity contribution < 1.29 is 19.8 Å². The lowest BCUT2D eigenvalue weighted by atomic mass is 10.5. The molecular weight excluding hydrogens is 188 g/mol. The largest absolute Gasteiger partial charge is 0.478 e. The molecule has 0 fully saturated rings. The molecule has 76 valence electrons. The topological polar surface area (TPSA) is 92.4 Å².